The minimum atomic E-state index is -3.78. The van der Waals surface area contributed by atoms with E-state index in [0.717, 1.165) is 0 Å². The average Bonchev–Trinajstić information content (AvgIpc) is 3.28. The first-order valence-electron chi connectivity index (χ1n) is 11.5. The van der Waals surface area contributed by atoms with Gasteiger partial charge in [0, 0.05) is 13.1 Å². The number of guanidine groups is 1. The highest BCUT2D eigenvalue weighted by atomic mass is 32.2. The minimum Gasteiger partial charge on any atom is -0.480 e. The van der Waals surface area contributed by atoms with Gasteiger partial charge in [0.15, 0.2) is 11.7 Å². The number of carboxylic acids is 1. The zero-order chi connectivity index (χ0) is 26.5. The zero-order valence-electron chi connectivity index (χ0n) is 20.1. The van der Waals surface area contributed by atoms with Gasteiger partial charge < -0.3 is 36.1 Å². The highest BCUT2D eigenvalue weighted by Crippen LogP contribution is 2.39. The molecule has 13 nitrogen and oxygen atoms in total. The van der Waals surface area contributed by atoms with E-state index >= 15 is 0 Å². The van der Waals surface area contributed by atoms with Gasteiger partial charge in [0.2, 0.25) is 15.9 Å². The average molecular weight is 528 g/mol. The van der Waals surface area contributed by atoms with E-state index in [-0.39, 0.29) is 36.8 Å². The Bertz CT molecular complexity index is 1060. The summed E-state index contributed by atoms with van der Waals surface area (Å²) in [5, 5.41) is 11.9. The van der Waals surface area contributed by atoms with Gasteiger partial charge in [-0.15, -0.1) is 0 Å². The SMILES string of the molecule is CC1(C)O[C@@H]2[C@H](O1)[C@@H](CNS(=O)(=O)c1ccccc1)O[C@@H]2CC(=O)N[C@@H](CCCN=C(N)N)C(=O)O. The second-order valence-corrected chi connectivity index (χ2v) is 10.8. The number of aliphatic carboxylic acids is 1. The number of rotatable bonds is 12. The quantitative estimate of drug-likeness (QED) is 0.131. The van der Waals surface area contributed by atoms with Crippen LogP contribution in [0.25, 0.3) is 0 Å². The second kappa shape index (κ2) is 11.5. The lowest BCUT2D eigenvalue weighted by atomic mass is 10.0. The number of nitrogens with zero attached hydrogens (tertiary/aromatic N) is 1. The van der Waals surface area contributed by atoms with Crippen LogP contribution in [0, 0.1) is 0 Å². The maximum Gasteiger partial charge on any atom is 0.326 e. The number of fused-ring (bicyclic) bond motifs is 1. The molecule has 5 atom stereocenters. The Hall–Kier alpha value is -2.78. The molecule has 36 heavy (non-hydrogen) atoms. The lowest BCUT2D eigenvalue weighted by molar-refractivity contribution is -0.187. The number of ether oxygens (including phenoxy) is 3. The highest BCUT2D eigenvalue weighted by Gasteiger charge is 2.55. The predicted molar refractivity (Wildman–Crippen MR) is 128 cm³/mol. The molecule has 1 aromatic rings. The number of nitrogens with one attached hydrogen (secondary N) is 2. The first-order valence-corrected chi connectivity index (χ1v) is 13.0. The fourth-order valence-electron chi connectivity index (χ4n) is 4.17. The van der Waals surface area contributed by atoms with Crippen LogP contribution in [0.5, 0.6) is 0 Å². The van der Waals surface area contributed by atoms with Crippen molar-refractivity contribution in [1.82, 2.24) is 10.0 Å². The van der Waals surface area contributed by atoms with Crippen molar-refractivity contribution in [3.63, 3.8) is 0 Å². The van der Waals surface area contributed by atoms with Crippen molar-refractivity contribution >= 4 is 27.9 Å². The molecular weight excluding hydrogens is 494 g/mol. The summed E-state index contributed by atoms with van der Waals surface area (Å²) in [6.07, 6.45) is -2.45. The number of benzene rings is 1. The van der Waals surface area contributed by atoms with Gasteiger partial charge in [-0.2, -0.15) is 0 Å². The Balaban J connectivity index is 1.61. The molecular formula is C22H33N5O8S. The summed E-state index contributed by atoms with van der Waals surface area (Å²) in [6.45, 7) is 3.56. The Morgan fingerprint density at radius 2 is 1.78 bits per heavy atom. The van der Waals surface area contributed by atoms with Crippen molar-refractivity contribution in [3.8, 4) is 0 Å². The summed E-state index contributed by atoms with van der Waals surface area (Å²) in [5.74, 6) is -2.79. The maximum absolute atomic E-state index is 12.7. The van der Waals surface area contributed by atoms with E-state index in [9.17, 15) is 23.1 Å². The molecule has 0 radical (unpaired) electrons. The van der Waals surface area contributed by atoms with Gasteiger partial charge in [-0.3, -0.25) is 9.79 Å². The number of hydrogen-bond acceptors (Lipinski definition) is 8. The molecule has 0 bridgehead atoms. The fraction of sp³-hybridized carbons (Fsp3) is 0.591. The first-order chi connectivity index (χ1) is 16.9. The summed E-state index contributed by atoms with van der Waals surface area (Å²) >= 11 is 0. The molecule has 0 aliphatic carbocycles. The summed E-state index contributed by atoms with van der Waals surface area (Å²) in [7, 11) is -3.78. The van der Waals surface area contributed by atoms with Gasteiger partial charge in [-0.05, 0) is 38.8 Å². The highest BCUT2D eigenvalue weighted by molar-refractivity contribution is 7.89. The Morgan fingerprint density at radius 1 is 1.14 bits per heavy atom. The van der Waals surface area contributed by atoms with Gasteiger partial charge >= 0.3 is 5.97 Å². The van der Waals surface area contributed by atoms with E-state index in [1.807, 2.05) is 0 Å². The molecule has 1 aromatic carbocycles. The summed E-state index contributed by atoms with van der Waals surface area (Å²) in [6, 6.07) is 6.77. The van der Waals surface area contributed by atoms with Crippen LogP contribution >= 0.6 is 0 Å². The monoisotopic (exact) mass is 527 g/mol. The third kappa shape index (κ3) is 7.36. The van der Waals surface area contributed by atoms with E-state index in [4.69, 9.17) is 25.7 Å². The van der Waals surface area contributed by atoms with Crippen LogP contribution in [0.4, 0.5) is 0 Å². The molecule has 3 rings (SSSR count). The van der Waals surface area contributed by atoms with E-state index < -0.39 is 58.1 Å². The van der Waals surface area contributed by atoms with E-state index in [1.165, 1.54) is 12.1 Å². The van der Waals surface area contributed by atoms with Gasteiger partial charge in [0.1, 0.15) is 24.4 Å². The molecule has 200 valence electrons. The largest absolute Gasteiger partial charge is 0.480 e. The lowest BCUT2D eigenvalue weighted by Gasteiger charge is -2.24. The van der Waals surface area contributed by atoms with Gasteiger partial charge in [0.25, 0.3) is 0 Å². The van der Waals surface area contributed by atoms with Gasteiger partial charge in [0.05, 0.1) is 17.4 Å². The number of carboxylic acid groups (broad SMARTS) is 1. The third-order valence-corrected chi connectivity index (χ3v) is 7.18. The molecule has 0 aromatic heterocycles. The molecule has 2 aliphatic rings. The number of carbonyl (C=O) groups is 2. The zero-order valence-corrected chi connectivity index (χ0v) is 20.9. The van der Waals surface area contributed by atoms with Crippen LogP contribution in [-0.2, 0) is 33.8 Å². The Kier molecular flexibility index (Phi) is 8.89. The molecule has 0 spiro atoms. The van der Waals surface area contributed by atoms with E-state index in [1.54, 1.807) is 32.0 Å². The molecule has 7 N–H and O–H groups in total. The van der Waals surface area contributed by atoms with Crippen LogP contribution < -0.4 is 21.5 Å². The van der Waals surface area contributed by atoms with Crippen molar-refractivity contribution < 1.29 is 37.3 Å². The molecule has 0 saturated carbocycles. The molecule has 14 heteroatoms. The number of nitrogens with two attached hydrogens (primary N) is 2. The van der Waals surface area contributed by atoms with Crippen LogP contribution in [0.3, 0.4) is 0 Å². The van der Waals surface area contributed by atoms with Crippen LogP contribution in [0.15, 0.2) is 40.2 Å². The van der Waals surface area contributed by atoms with Crippen molar-refractivity contribution in [2.24, 2.45) is 16.5 Å². The van der Waals surface area contributed by atoms with Crippen LogP contribution in [0.1, 0.15) is 33.1 Å². The summed E-state index contributed by atoms with van der Waals surface area (Å²) < 4.78 is 45.6. The number of aliphatic imine (C=N–C) groups is 1. The lowest BCUT2D eigenvalue weighted by Crippen LogP contribution is -2.43. The molecule has 2 heterocycles. The second-order valence-electron chi connectivity index (χ2n) is 9.05. The Labute approximate surface area is 209 Å². The number of amides is 1. The fourth-order valence-corrected chi connectivity index (χ4v) is 5.24. The standard InChI is InChI=1S/C22H33N5O8S/c1-22(2)34-18-15(11-17(28)27-14(20(29)30)9-6-10-25-21(23)24)33-16(19(18)35-22)12-26-36(31,32)13-7-4-3-5-8-13/h3-5,7-8,14-16,18-19,26H,6,9-12H2,1-2H3,(H,27,28)(H,29,30)(H4,23,24,25)/t14-,15+,16+,18-,19+/m0/s1. The smallest absolute Gasteiger partial charge is 0.326 e. The van der Waals surface area contributed by atoms with Crippen LogP contribution in [0.2, 0.25) is 0 Å². The molecule has 0 unspecified atom stereocenters. The number of sulfonamides is 1. The summed E-state index contributed by atoms with van der Waals surface area (Å²) in [4.78, 5) is 28.2. The maximum atomic E-state index is 12.7. The number of carbonyl (C=O) groups excluding carboxylic acids is 1. The van der Waals surface area contributed by atoms with Crippen molar-refractivity contribution in [2.75, 3.05) is 13.1 Å². The molecule has 1 amide bonds. The van der Waals surface area contributed by atoms with Gasteiger partial charge in [-0.25, -0.2) is 17.9 Å². The minimum absolute atomic E-state index is 0.0961. The molecule has 2 saturated heterocycles. The Morgan fingerprint density at radius 3 is 2.39 bits per heavy atom. The van der Waals surface area contributed by atoms with Crippen LogP contribution in [-0.4, -0.2) is 80.7 Å². The van der Waals surface area contributed by atoms with E-state index in [0.29, 0.717) is 6.42 Å². The van der Waals surface area contributed by atoms with Crippen molar-refractivity contribution in [3.05, 3.63) is 30.3 Å². The van der Waals surface area contributed by atoms with Gasteiger partial charge in [-0.1, -0.05) is 18.2 Å². The summed E-state index contributed by atoms with van der Waals surface area (Å²) in [5.41, 5.74) is 10.5. The molecule has 2 aliphatic heterocycles. The van der Waals surface area contributed by atoms with Crippen molar-refractivity contribution in [2.45, 2.75) is 74.3 Å². The predicted octanol–water partition coefficient (Wildman–Crippen LogP) is -0.734. The topological polar surface area (TPSA) is 205 Å². The van der Waals surface area contributed by atoms with Crippen molar-refractivity contribution in [1.29, 1.82) is 0 Å². The van der Waals surface area contributed by atoms with E-state index in [2.05, 4.69) is 15.0 Å². The normalized spacial score (nSPS) is 25.6. The molecule has 2 fully saturated rings. The first kappa shape index (κ1) is 27.8. The third-order valence-electron chi connectivity index (χ3n) is 5.74. The number of hydrogen-bond donors (Lipinski definition) is 5.